The lowest BCUT2D eigenvalue weighted by molar-refractivity contribution is -0.142. The Morgan fingerprint density at radius 1 is 0.584 bits per heavy atom. The zero-order valence-electron chi connectivity index (χ0n) is 56.4. The third kappa shape index (κ3) is 22.4. The number of hydrogen-bond donors (Lipinski definition) is 13. The van der Waals surface area contributed by atoms with E-state index in [2.05, 4.69) is 52.5 Å². The Morgan fingerprint density at radius 2 is 1.14 bits per heavy atom. The second-order valence-electron chi connectivity index (χ2n) is 25.4. The molecular weight excluding hydrogens is 1320 g/mol. The average Bonchev–Trinajstić information content (AvgIpc) is 1.72. The van der Waals surface area contributed by atoms with Crippen molar-refractivity contribution in [1.82, 2.24) is 52.4 Å². The number of likely N-dealkylation sites (tertiary alicyclic amines) is 1. The van der Waals surface area contributed by atoms with Crippen LogP contribution in [0.15, 0.2) is 145 Å². The van der Waals surface area contributed by atoms with Crippen molar-refractivity contribution in [3.05, 3.63) is 173 Å². The van der Waals surface area contributed by atoms with Gasteiger partial charge < -0.3 is 84.9 Å². The molecular formula is C72H88ClN15O13. The number of nitrogens with one attached hydrogen (secondary N) is 8. The van der Waals surface area contributed by atoms with E-state index in [1.807, 2.05) is 42.5 Å². The number of aromatic nitrogens is 1. The van der Waals surface area contributed by atoms with E-state index in [9.17, 15) is 48.3 Å². The molecule has 0 spiro atoms. The fraction of sp³-hybridized carbons (Fsp3) is 0.389. The number of rotatable bonds is 35. The number of nitrogens with two attached hydrogens (primary N) is 4. The number of carbonyl (C=O) groups excluding carboxylic acids is 10. The molecule has 10 amide bonds. The molecule has 28 nitrogen and oxygen atoms in total. The maximum absolute atomic E-state index is 15.2. The molecule has 8 rings (SSSR count). The van der Waals surface area contributed by atoms with Gasteiger partial charge in [-0.2, -0.15) is 0 Å². The lowest BCUT2D eigenvalue weighted by Gasteiger charge is -2.31. The van der Waals surface area contributed by atoms with Gasteiger partial charge in [0.2, 0.25) is 65.9 Å². The normalized spacial score (nSPS) is 15.8. The number of halogens is 1. The van der Waals surface area contributed by atoms with Crippen LogP contribution in [0.2, 0.25) is 5.02 Å². The topological polar surface area (TPSA) is 438 Å². The second kappa shape index (κ2) is 36.9. The highest BCUT2D eigenvalue weighted by Gasteiger charge is 2.40. The lowest BCUT2D eigenvalue weighted by atomic mass is 9.99. The summed E-state index contributed by atoms with van der Waals surface area (Å²) in [6.07, 6.45) is 3.23. The average molecular weight is 1410 g/mol. The van der Waals surface area contributed by atoms with Gasteiger partial charge in [0.25, 0.3) is 0 Å². The number of benzene rings is 5. The summed E-state index contributed by atoms with van der Waals surface area (Å²) in [6.45, 7) is 4.04. The molecule has 17 N–H and O–H groups in total. The number of hydrogen-bond acceptors (Lipinski definition) is 16. The molecule has 0 bridgehead atoms. The third-order valence-corrected chi connectivity index (χ3v) is 17.4. The lowest BCUT2D eigenvalue weighted by Crippen LogP contribution is -2.61. The maximum Gasteiger partial charge on any atom is 0.245 e. The van der Waals surface area contributed by atoms with Gasteiger partial charge in [0, 0.05) is 61.8 Å². The zero-order valence-corrected chi connectivity index (χ0v) is 57.2. The number of carbonyl (C=O) groups is 10. The third-order valence-electron chi connectivity index (χ3n) is 17.2. The van der Waals surface area contributed by atoms with Crippen LogP contribution in [0.1, 0.15) is 80.7 Å². The molecule has 101 heavy (non-hydrogen) atoms. The summed E-state index contributed by atoms with van der Waals surface area (Å²) >= 11 is 6.23. The Kier molecular flexibility index (Phi) is 27.8. The molecule has 29 heteroatoms. The van der Waals surface area contributed by atoms with Crippen LogP contribution >= 0.6 is 11.6 Å². The minimum Gasteiger partial charge on any atom is -0.454 e. The van der Waals surface area contributed by atoms with Crippen molar-refractivity contribution < 1.29 is 62.5 Å². The molecule has 10 atom stereocenters. The largest absolute Gasteiger partial charge is 0.454 e. The number of aliphatic imine (C=N–C) groups is 1. The summed E-state index contributed by atoms with van der Waals surface area (Å²) < 4.78 is 11.4. The van der Waals surface area contributed by atoms with Crippen molar-refractivity contribution in [3.63, 3.8) is 0 Å². The number of pyridine rings is 1. The summed E-state index contributed by atoms with van der Waals surface area (Å²) in [5, 5.41) is 35.0. The number of primary amides is 1. The van der Waals surface area contributed by atoms with Crippen LogP contribution < -0.4 is 74.9 Å². The van der Waals surface area contributed by atoms with Crippen molar-refractivity contribution in [2.45, 2.75) is 145 Å². The summed E-state index contributed by atoms with van der Waals surface area (Å²) in [7, 11) is 0. The number of guanidine groups is 1. The van der Waals surface area contributed by atoms with E-state index in [1.54, 1.807) is 98.8 Å². The standard InChI is InChI=1S/C72H88ClN15O13/c1-41(2)31-53(64(92)81-52(19-11-29-79-72(76)77)71(99)88-30-12-20-59(88)70(98)80-42(3)62(75)90)83-66(94)56(36-46-15-10-28-78-38-46)85-68(96)57(37-49-18-9-21-60-61(49)101-40-100-60)86-69(97)58(39-89)87-67(95)55(34-43-13-5-4-6-14-43)84-65(93)54(35-44-23-26-50(73)27-24-44)82-63(91)51(74)33-45-22-25-47-16-7-8-17-48(47)32-45/h4-10,13-18,21-28,32,38,41-42,51-59,89H,11-12,19-20,29-31,33-37,39-40,74H2,1-3H3,(H2,75,90)(H,80,98)(H,81,92)(H,82,91)(H,83,94)(H,84,93)(H,85,96)(H,86,97)(H,87,95)(H4,76,77,79)/t42-,51-,52+,53+,54-,55-,56-,57+,58+,59+/m1/s1. The fourth-order valence-electron chi connectivity index (χ4n) is 11.8. The van der Waals surface area contributed by atoms with Crippen LogP contribution in [-0.4, -0.2) is 167 Å². The first kappa shape index (κ1) is 76.1. The first-order valence-electron chi connectivity index (χ1n) is 33.4. The Hall–Kier alpha value is -10.7. The van der Waals surface area contributed by atoms with E-state index in [1.165, 1.54) is 24.2 Å². The number of aliphatic hydroxyl groups excluding tert-OH is 1. The van der Waals surface area contributed by atoms with E-state index >= 15 is 4.79 Å². The van der Waals surface area contributed by atoms with Gasteiger partial charge in [-0.3, -0.25) is 57.9 Å². The van der Waals surface area contributed by atoms with Gasteiger partial charge in [0.15, 0.2) is 17.5 Å². The second-order valence-corrected chi connectivity index (χ2v) is 25.9. The molecule has 536 valence electrons. The predicted octanol–water partition coefficient (Wildman–Crippen LogP) is 0.924. The highest BCUT2D eigenvalue weighted by Crippen LogP contribution is 2.36. The Bertz CT molecular complexity index is 3920. The summed E-state index contributed by atoms with van der Waals surface area (Å²) in [5.74, 6) is -7.95. The van der Waals surface area contributed by atoms with Gasteiger partial charge in [0.1, 0.15) is 54.4 Å². The Balaban J connectivity index is 1.03. The molecule has 1 fully saturated rings. The monoisotopic (exact) mass is 1410 g/mol. The van der Waals surface area contributed by atoms with Crippen molar-refractivity contribution >= 4 is 87.4 Å². The number of fused-ring (bicyclic) bond motifs is 2. The first-order chi connectivity index (χ1) is 48.4. The van der Waals surface area contributed by atoms with Gasteiger partial charge in [-0.05, 0) is 109 Å². The molecule has 1 saturated heterocycles. The van der Waals surface area contributed by atoms with E-state index < -0.39 is 126 Å². The van der Waals surface area contributed by atoms with Crippen LogP contribution in [0.5, 0.6) is 11.5 Å². The van der Waals surface area contributed by atoms with E-state index in [0.29, 0.717) is 39.4 Å². The SMILES string of the molecule is CC(C)C[C@H](NC(=O)[C@@H](Cc1cccnc1)NC(=O)[C@H](Cc1cccc2c1OCO2)NC(=O)[C@H](CO)NC(=O)[C@@H](Cc1ccccc1)NC(=O)[C@@H](Cc1ccc(Cl)cc1)NC(=O)[C@H](N)Cc1ccc2ccccc2c1)C(=O)N[C@@H](CCCN=C(N)N)C(=O)N1CCC[C@H]1C(=O)N[C@H](C)C(N)=O. The molecule has 2 aliphatic rings. The molecule has 2 aliphatic heterocycles. The number of nitrogens with zero attached hydrogens (tertiary/aromatic N) is 3. The van der Waals surface area contributed by atoms with Crippen LogP contribution in [0.4, 0.5) is 0 Å². The van der Waals surface area contributed by atoms with Gasteiger partial charge in [-0.1, -0.05) is 129 Å². The fourth-order valence-corrected chi connectivity index (χ4v) is 12.0. The first-order valence-corrected chi connectivity index (χ1v) is 33.8. The summed E-state index contributed by atoms with van der Waals surface area (Å²) in [6, 6.07) is 23.4. The van der Waals surface area contributed by atoms with Crippen molar-refractivity contribution in [1.29, 1.82) is 0 Å². The van der Waals surface area contributed by atoms with E-state index in [-0.39, 0.29) is 95.3 Å². The van der Waals surface area contributed by atoms with Gasteiger partial charge >= 0.3 is 0 Å². The molecule has 0 aliphatic carbocycles. The van der Waals surface area contributed by atoms with Crippen LogP contribution in [0, 0.1) is 5.92 Å². The van der Waals surface area contributed by atoms with Gasteiger partial charge in [-0.25, -0.2) is 0 Å². The number of amides is 10. The number of para-hydroxylation sites is 1. The minimum absolute atomic E-state index is 0.00967. The Labute approximate surface area is 589 Å². The summed E-state index contributed by atoms with van der Waals surface area (Å²) in [4.78, 5) is 152. The Morgan fingerprint density at radius 3 is 1.76 bits per heavy atom. The molecule has 6 aromatic rings. The number of aliphatic hydroxyl groups is 1. The molecule has 1 aromatic heterocycles. The van der Waals surface area contributed by atoms with Crippen molar-refractivity contribution in [3.8, 4) is 11.5 Å². The molecule has 0 unspecified atom stereocenters. The van der Waals surface area contributed by atoms with E-state index in [0.717, 1.165) is 16.3 Å². The van der Waals surface area contributed by atoms with Gasteiger partial charge in [-0.15, -0.1) is 0 Å². The number of ether oxygens (including phenoxy) is 2. The van der Waals surface area contributed by atoms with Gasteiger partial charge in [0.05, 0.1) is 12.6 Å². The zero-order chi connectivity index (χ0) is 72.7. The van der Waals surface area contributed by atoms with E-state index in [4.69, 9.17) is 44.0 Å². The van der Waals surface area contributed by atoms with Crippen LogP contribution in [0.25, 0.3) is 10.8 Å². The van der Waals surface area contributed by atoms with Crippen molar-refractivity contribution in [2.24, 2.45) is 33.8 Å². The van der Waals surface area contributed by atoms with Crippen LogP contribution in [0.3, 0.4) is 0 Å². The summed E-state index contributed by atoms with van der Waals surface area (Å²) in [5.41, 5.74) is 25.9. The molecule has 0 radical (unpaired) electrons. The smallest absolute Gasteiger partial charge is 0.245 e. The maximum atomic E-state index is 15.2. The molecule has 5 aromatic carbocycles. The minimum atomic E-state index is -1.79. The predicted molar refractivity (Wildman–Crippen MR) is 377 cm³/mol. The van der Waals surface area contributed by atoms with Crippen LogP contribution in [-0.2, 0) is 80.0 Å². The molecule has 3 heterocycles. The van der Waals surface area contributed by atoms with Crippen molar-refractivity contribution in [2.75, 3.05) is 26.5 Å². The molecule has 0 saturated carbocycles. The highest BCUT2D eigenvalue weighted by molar-refractivity contribution is 6.30. The highest BCUT2D eigenvalue weighted by atomic mass is 35.5. The quantitative estimate of drug-likeness (QED) is 0.0149.